The van der Waals surface area contributed by atoms with Crippen LogP contribution in [0.4, 0.5) is 4.39 Å². The third-order valence-corrected chi connectivity index (χ3v) is 2.33. The summed E-state index contributed by atoms with van der Waals surface area (Å²) >= 11 is 0. The second-order valence-electron chi connectivity index (χ2n) is 3.28. The Labute approximate surface area is 85.9 Å². The van der Waals surface area contributed by atoms with Crippen LogP contribution in [-0.4, -0.2) is 13.0 Å². The summed E-state index contributed by atoms with van der Waals surface area (Å²) in [6.45, 7) is 1.73. The normalized spacial score (nSPS) is 10.6. The van der Waals surface area contributed by atoms with Gasteiger partial charge in [0.05, 0.1) is 0 Å². The van der Waals surface area contributed by atoms with Gasteiger partial charge in [-0.1, -0.05) is 0 Å². The van der Waals surface area contributed by atoms with Crippen LogP contribution in [0.5, 0.6) is 0 Å². The number of hydrogen-bond acceptors (Lipinski definition) is 2. The second-order valence-corrected chi connectivity index (χ2v) is 3.28. The zero-order chi connectivity index (χ0) is 11.0. The van der Waals surface area contributed by atoms with Crippen molar-refractivity contribution in [3.8, 4) is 0 Å². The Hall–Kier alpha value is -1.84. The van der Waals surface area contributed by atoms with Crippen molar-refractivity contribution < 1.29 is 13.6 Å². The standard InChI is InChI=1S/C11H10FNO2/c1-6-8-5-7(12)3-4-9(8)15-10(6)11(14)13-2/h3-5H,1-2H3,(H,13,14). The minimum absolute atomic E-state index is 0.234. The van der Waals surface area contributed by atoms with Crippen LogP contribution in [0.15, 0.2) is 22.6 Å². The van der Waals surface area contributed by atoms with E-state index in [2.05, 4.69) is 5.32 Å². The lowest BCUT2D eigenvalue weighted by Crippen LogP contribution is -2.17. The number of halogens is 1. The smallest absolute Gasteiger partial charge is 0.287 e. The first kappa shape index (κ1) is 9.71. The molecule has 2 aromatic rings. The number of aryl methyl sites for hydroxylation is 1. The van der Waals surface area contributed by atoms with Crippen LogP contribution >= 0.6 is 0 Å². The average molecular weight is 207 g/mol. The maximum atomic E-state index is 13.0. The van der Waals surface area contributed by atoms with E-state index in [1.807, 2.05) is 0 Å². The van der Waals surface area contributed by atoms with Gasteiger partial charge in [0.15, 0.2) is 5.76 Å². The molecular weight excluding hydrogens is 197 g/mol. The van der Waals surface area contributed by atoms with Crippen LogP contribution in [0.25, 0.3) is 11.0 Å². The molecular formula is C11H10FNO2. The Morgan fingerprint density at radius 2 is 2.20 bits per heavy atom. The number of hydrogen-bond donors (Lipinski definition) is 1. The molecule has 3 nitrogen and oxygen atoms in total. The maximum Gasteiger partial charge on any atom is 0.287 e. The number of carbonyl (C=O) groups is 1. The van der Waals surface area contributed by atoms with Crippen molar-refractivity contribution >= 4 is 16.9 Å². The third kappa shape index (κ3) is 1.48. The number of amides is 1. The van der Waals surface area contributed by atoms with Gasteiger partial charge in [0.1, 0.15) is 11.4 Å². The monoisotopic (exact) mass is 207 g/mol. The van der Waals surface area contributed by atoms with Gasteiger partial charge >= 0.3 is 0 Å². The number of rotatable bonds is 1. The molecule has 1 aromatic heterocycles. The van der Waals surface area contributed by atoms with Gasteiger partial charge in [-0.3, -0.25) is 4.79 Å². The minimum atomic E-state index is -0.338. The second kappa shape index (κ2) is 3.38. The SMILES string of the molecule is CNC(=O)c1oc2ccc(F)cc2c1C. The number of carbonyl (C=O) groups excluding carboxylic acids is 1. The molecule has 0 spiro atoms. The summed E-state index contributed by atoms with van der Waals surface area (Å²) in [6, 6.07) is 4.18. The van der Waals surface area contributed by atoms with Gasteiger partial charge < -0.3 is 9.73 Å². The molecule has 78 valence electrons. The van der Waals surface area contributed by atoms with E-state index in [9.17, 15) is 9.18 Å². The minimum Gasteiger partial charge on any atom is -0.451 e. The van der Waals surface area contributed by atoms with Crippen molar-refractivity contribution in [2.75, 3.05) is 7.05 Å². The van der Waals surface area contributed by atoms with E-state index < -0.39 is 0 Å². The lowest BCUT2D eigenvalue weighted by molar-refractivity contribution is 0.0937. The average Bonchev–Trinajstić information content (AvgIpc) is 2.55. The molecule has 0 fully saturated rings. The molecule has 1 aromatic carbocycles. The Balaban J connectivity index is 2.69. The highest BCUT2D eigenvalue weighted by Crippen LogP contribution is 2.25. The van der Waals surface area contributed by atoms with Crippen molar-refractivity contribution in [1.82, 2.24) is 5.32 Å². The van der Waals surface area contributed by atoms with E-state index in [0.29, 0.717) is 16.5 Å². The number of furan rings is 1. The van der Waals surface area contributed by atoms with E-state index in [1.165, 1.54) is 25.2 Å². The molecule has 0 saturated carbocycles. The predicted molar refractivity (Wildman–Crippen MR) is 54.3 cm³/mol. The summed E-state index contributed by atoms with van der Waals surface area (Å²) in [5.41, 5.74) is 1.18. The molecule has 1 amide bonds. The zero-order valence-corrected chi connectivity index (χ0v) is 8.43. The van der Waals surface area contributed by atoms with Crippen molar-refractivity contribution in [3.05, 3.63) is 35.3 Å². The molecule has 0 saturated heterocycles. The van der Waals surface area contributed by atoms with E-state index in [4.69, 9.17) is 4.42 Å². The lowest BCUT2D eigenvalue weighted by Gasteiger charge is -1.94. The molecule has 0 unspecified atom stereocenters. The highest BCUT2D eigenvalue weighted by Gasteiger charge is 2.16. The largest absolute Gasteiger partial charge is 0.451 e. The zero-order valence-electron chi connectivity index (χ0n) is 8.43. The van der Waals surface area contributed by atoms with Crippen molar-refractivity contribution in [1.29, 1.82) is 0 Å². The molecule has 0 aliphatic heterocycles. The number of nitrogens with one attached hydrogen (secondary N) is 1. The van der Waals surface area contributed by atoms with Gasteiger partial charge in [-0.05, 0) is 25.1 Å². The first-order chi connectivity index (χ1) is 7.13. The predicted octanol–water partition coefficient (Wildman–Crippen LogP) is 2.24. The first-order valence-electron chi connectivity index (χ1n) is 4.54. The first-order valence-corrected chi connectivity index (χ1v) is 4.54. The number of benzene rings is 1. The van der Waals surface area contributed by atoms with Gasteiger partial charge in [0.25, 0.3) is 5.91 Å². The van der Waals surface area contributed by atoms with E-state index >= 15 is 0 Å². The molecule has 0 radical (unpaired) electrons. The quantitative estimate of drug-likeness (QED) is 0.779. The van der Waals surface area contributed by atoms with Crippen LogP contribution < -0.4 is 5.32 Å². The summed E-state index contributed by atoms with van der Waals surface area (Å²) < 4.78 is 18.3. The molecule has 0 aliphatic rings. The Morgan fingerprint density at radius 3 is 2.87 bits per heavy atom. The molecule has 15 heavy (non-hydrogen) atoms. The fourth-order valence-corrected chi connectivity index (χ4v) is 1.52. The summed E-state index contributed by atoms with van der Waals surface area (Å²) in [5.74, 6) is -0.405. The lowest BCUT2D eigenvalue weighted by atomic mass is 10.1. The van der Waals surface area contributed by atoms with Crippen LogP contribution in [0.1, 0.15) is 16.1 Å². The molecule has 1 heterocycles. The molecule has 0 atom stereocenters. The molecule has 2 rings (SSSR count). The maximum absolute atomic E-state index is 13.0. The Bertz CT molecular complexity index is 531. The van der Waals surface area contributed by atoms with Gasteiger partial charge in [-0.25, -0.2) is 4.39 Å². The molecule has 1 N–H and O–H groups in total. The fraction of sp³-hybridized carbons (Fsp3) is 0.182. The molecule has 0 bridgehead atoms. The van der Waals surface area contributed by atoms with Gasteiger partial charge in [-0.2, -0.15) is 0 Å². The molecule has 0 aliphatic carbocycles. The summed E-state index contributed by atoms with van der Waals surface area (Å²) in [6.07, 6.45) is 0. The Kier molecular flexibility index (Phi) is 2.19. The van der Waals surface area contributed by atoms with E-state index in [0.717, 1.165) is 0 Å². The summed E-state index contributed by atoms with van der Waals surface area (Å²) in [4.78, 5) is 11.4. The van der Waals surface area contributed by atoms with Gasteiger partial charge in [0, 0.05) is 18.0 Å². The Morgan fingerprint density at radius 1 is 1.47 bits per heavy atom. The highest BCUT2D eigenvalue weighted by atomic mass is 19.1. The topological polar surface area (TPSA) is 42.2 Å². The third-order valence-electron chi connectivity index (χ3n) is 2.33. The highest BCUT2D eigenvalue weighted by molar-refractivity contribution is 5.98. The van der Waals surface area contributed by atoms with E-state index in [1.54, 1.807) is 6.92 Å². The molecule has 4 heteroatoms. The van der Waals surface area contributed by atoms with Crippen LogP contribution in [0.3, 0.4) is 0 Å². The van der Waals surface area contributed by atoms with Crippen molar-refractivity contribution in [2.24, 2.45) is 0 Å². The van der Waals surface area contributed by atoms with E-state index in [-0.39, 0.29) is 17.5 Å². The van der Waals surface area contributed by atoms with Crippen molar-refractivity contribution in [3.63, 3.8) is 0 Å². The number of fused-ring (bicyclic) bond motifs is 1. The van der Waals surface area contributed by atoms with Crippen LogP contribution in [-0.2, 0) is 0 Å². The van der Waals surface area contributed by atoms with Crippen molar-refractivity contribution in [2.45, 2.75) is 6.92 Å². The van der Waals surface area contributed by atoms with Crippen LogP contribution in [0.2, 0.25) is 0 Å². The van der Waals surface area contributed by atoms with Crippen LogP contribution in [0, 0.1) is 12.7 Å². The fourth-order valence-electron chi connectivity index (χ4n) is 1.52. The summed E-state index contributed by atoms with van der Waals surface area (Å²) in [7, 11) is 1.52. The van der Waals surface area contributed by atoms with Gasteiger partial charge in [-0.15, -0.1) is 0 Å². The summed E-state index contributed by atoms with van der Waals surface area (Å²) in [5, 5.41) is 3.10. The van der Waals surface area contributed by atoms with Gasteiger partial charge in [0.2, 0.25) is 0 Å².